The third-order valence-corrected chi connectivity index (χ3v) is 8.56. The Morgan fingerprint density at radius 3 is 2.26 bits per heavy atom. The number of hydrogen-bond acceptors (Lipinski definition) is 10. The normalized spacial score (nSPS) is 25.7. The van der Waals surface area contributed by atoms with Crippen molar-refractivity contribution in [2.75, 3.05) is 38.4 Å². The number of rotatable bonds is 6. The van der Waals surface area contributed by atoms with Gasteiger partial charge in [-0.2, -0.15) is 0 Å². The Morgan fingerprint density at radius 1 is 1.12 bits per heavy atom. The number of likely N-dealkylation sites (N-methyl/N-ethyl adjacent to an activating group) is 1. The number of primary amides is 1. The average Bonchev–Trinajstić information content (AvgIpc) is 2.85. The first-order valence-corrected chi connectivity index (χ1v) is 13.8. The third-order valence-electron chi connectivity index (χ3n) is 8.56. The van der Waals surface area contributed by atoms with E-state index in [1.165, 1.54) is 4.90 Å². The van der Waals surface area contributed by atoms with Gasteiger partial charge in [0.25, 0.3) is 5.91 Å². The number of carbonyl (C=O) groups is 4. The molecule has 0 spiro atoms. The van der Waals surface area contributed by atoms with Gasteiger partial charge in [0.1, 0.15) is 22.8 Å². The van der Waals surface area contributed by atoms with E-state index in [-0.39, 0.29) is 47.4 Å². The van der Waals surface area contributed by atoms with Crippen molar-refractivity contribution in [3.63, 3.8) is 0 Å². The Morgan fingerprint density at radius 2 is 1.74 bits per heavy atom. The lowest BCUT2D eigenvalue weighted by Gasteiger charge is -2.50. The summed E-state index contributed by atoms with van der Waals surface area (Å²) in [4.78, 5) is 55.4. The highest BCUT2D eigenvalue weighted by molar-refractivity contribution is 6.24. The summed E-state index contributed by atoms with van der Waals surface area (Å²) < 4.78 is 0. The number of nitrogens with zero attached hydrogens (tertiary/aromatic N) is 2. The van der Waals surface area contributed by atoms with Crippen molar-refractivity contribution in [3.8, 4) is 5.75 Å². The van der Waals surface area contributed by atoms with E-state index in [4.69, 9.17) is 5.73 Å². The molecular formula is C30H40N4O8. The highest BCUT2D eigenvalue weighted by Gasteiger charge is 2.64. The number of hydrogen-bond donors (Lipinski definition) is 6. The number of carbonyl (C=O) groups excluding carboxylic acids is 4. The predicted octanol–water partition coefficient (Wildman–Crippen LogP) is 1.79. The van der Waals surface area contributed by atoms with Gasteiger partial charge in [-0.3, -0.25) is 24.1 Å². The molecule has 228 valence electrons. The van der Waals surface area contributed by atoms with Crippen molar-refractivity contribution in [2.24, 2.45) is 23.0 Å². The number of aliphatic hydroxyl groups excluding tert-OH is 2. The SMILES string of the molecule is CN(C)c1cc(NC(=O)CCC(C)(C)C)c(O)c2c1CC1CC3[C@H](N(C)C)C(=O)C(C(N)=O)=C(O)[C@@]3(O)C(=O)C1=C2O. The number of nitrogens with two attached hydrogens (primary N) is 1. The molecule has 2 amide bonds. The van der Waals surface area contributed by atoms with Crippen LogP contribution in [-0.4, -0.2) is 88.5 Å². The second-order valence-electron chi connectivity index (χ2n) is 13.1. The molecule has 1 aromatic rings. The molecule has 1 saturated carbocycles. The van der Waals surface area contributed by atoms with Gasteiger partial charge in [0, 0.05) is 37.7 Å². The number of Topliss-reactive ketones (excluding diaryl/α,β-unsaturated/α-hetero) is 2. The van der Waals surface area contributed by atoms with Crippen molar-refractivity contribution in [2.45, 2.75) is 58.1 Å². The quantitative estimate of drug-likeness (QED) is 0.212. The lowest BCUT2D eigenvalue weighted by atomic mass is 9.57. The molecule has 3 aliphatic carbocycles. The first-order chi connectivity index (χ1) is 19.3. The molecule has 12 nitrogen and oxygen atoms in total. The molecule has 0 aliphatic heterocycles. The van der Waals surface area contributed by atoms with Gasteiger partial charge in [0.05, 0.1) is 17.3 Å². The third kappa shape index (κ3) is 4.82. The number of benzene rings is 1. The zero-order valence-corrected chi connectivity index (χ0v) is 25.0. The molecule has 4 atom stereocenters. The Bertz CT molecular complexity index is 1450. The minimum atomic E-state index is -2.72. The molecule has 0 radical (unpaired) electrons. The van der Waals surface area contributed by atoms with Crippen molar-refractivity contribution >= 4 is 40.5 Å². The van der Waals surface area contributed by atoms with E-state index in [1.54, 1.807) is 39.2 Å². The second kappa shape index (κ2) is 10.4. The molecule has 0 bridgehead atoms. The highest BCUT2D eigenvalue weighted by Crippen LogP contribution is 2.54. The first-order valence-electron chi connectivity index (χ1n) is 13.8. The van der Waals surface area contributed by atoms with Crippen LogP contribution < -0.4 is 16.0 Å². The minimum absolute atomic E-state index is 0.00924. The maximum atomic E-state index is 14.1. The number of anilines is 2. The van der Waals surface area contributed by atoms with E-state index in [1.807, 2.05) is 20.8 Å². The van der Waals surface area contributed by atoms with Crippen molar-refractivity contribution < 1.29 is 39.6 Å². The minimum Gasteiger partial charge on any atom is -0.508 e. The van der Waals surface area contributed by atoms with Crippen LogP contribution in [0.1, 0.15) is 51.2 Å². The molecular weight excluding hydrogens is 544 g/mol. The van der Waals surface area contributed by atoms with E-state index in [2.05, 4.69) is 5.32 Å². The van der Waals surface area contributed by atoms with Gasteiger partial charge < -0.3 is 36.4 Å². The molecule has 3 aliphatic rings. The molecule has 42 heavy (non-hydrogen) atoms. The largest absolute Gasteiger partial charge is 0.508 e. The predicted molar refractivity (Wildman–Crippen MR) is 156 cm³/mol. The second-order valence-corrected chi connectivity index (χ2v) is 13.1. The summed E-state index contributed by atoms with van der Waals surface area (Å²) in [6, 6.07) is 0.443. The molecule has 0 saturated heterocycles. The van der Waals surface area contributed by atoms with Crippen molar-refractivity contribution in [1.29, 1.82) is 0 Å². The monoisotopic (exact) mass is 584 g/mol. The zero-order valence-electron chi connectivity index (χ0n) is 25.0. The van der Waals surface area contributed by atoms with E-state index in [9.17, 15) is 39.6 Å². The number of phenols is 1. The molecule has 12 heteroatoms. The van der Waals surface area contributed by atoms with E-state index in [0.717, 1.165) is 0 Å². The molecule has 1 aromatic carbocycles. The van der Waals surface area contributed by atoms with Gasteiger partial charge in [-0.05, 0) is 56.3 Å². The van der Waals surface area contributed by atoms with Crippen LogP contribution in [0.5, 0.6) is 5.75 Å². The Kier molecular flexibility index (Phi) is 7.71. The van der Waals surface area contributed by atoms with Gasteiger partial charge in [-0.15, -0.1) is 0 Å². The summed E-state index contributed by atoms with van der Waals surface area (Å²) in [6.07, 6.45) is 0.925. The first kappa shape index (κ1) is 31.0. The smallest absolute Gasteiger partial charge is 0.255 e. The van der Waals surface area contributed by atoms with Gasteiger partial charge in [0.15, 0.2) is 11.4 Å². The van der Waals surface area contributed by atoms with E-state index >= 15 is 0 Å². The maximum absolute atomic E-state index is 14.1. The number of amides is 2. The topological polar surface area (TPSA) is 194 Å². The number of fused-ring (bicyclic) bond motifs is 3. The van der Waals surface area contributed by atoms with Crippen molar-refractivity contribution in [1.82, 2.24) is 4.90 Å². The van der Waals surface area contributed by atoms with Gasteiger partial charge in [-0.25, -0.2) is 0 Å². The van der Waals surface area contributed by atoms with Crippen LogP contribution in [0.2, 0.25) is 0 Å². The summed E-state index contributed by atoms with van der Waals surface area (Å²) in [5.41, 5.74) is 2.49. The number of aromatic hydroxyl groups is 1. The molecule has 4 rings (SSSR count). The molecule has 0 aromatic heterocycles. The number of ketones is 2. The van der Waals surface area contributed by atoms with E-state index < -0.39 is 63.8 Å². The molecule has 0 heterocycles. The van der Waals surface area contributed by atoms with E-state index in [0.29, 0.717) is 17.7 Å². The van der Waals surface area contributed by atoms with Gasteiger partial charge in [0.2, 0.25) is 11.7 Å². The molecule has 2 unspecified atom stereocenters. The molecule has 7 N–H and O–H groups in total. The van der Waals surface area contributed by atoms with Crippen LogP contribution in [0.15, 0.2) is 23.0 Å². The fourth-order valence-electron chi connectivity index (χ4n) is 6.49. The summed E-state index contributed by atoms with van der Waals surface area (Å²) in [5, 5.41) is 48.4. The maximum Gasteiger partial charge on any atom is 0.255 e. The van der Waals surface area contributed by atoms with Crippen molar-refractivity contribution in [3.05, 3.63) is 34.1 Å². The van der Waals surface area contributed by atoms with Crippen LogP contribution >= 0.6 is 0 Å². The summed E-state index contributed by atoms with van der Waals surface area (Å²) in [5.74, 6) is -7.59. The average molecular weight is 585 g/mol. The fourth-order valence-corrected chi connectivity index (χ4v) is 6.49. The Balaban J connectivity index is 1.89. The van der Waals surface area contributed by atoms with Crippen LogP contribution in [0, 0.1) is 17.3 Å². The van der Waals surface area contributed by atoms with Crippen LogP contribution in [-0.2, 0) is 25.6 Å². The number of nitrogens with one attached hydrogen (secondary N) is 1. The number of aliphatic hydroxyl groups is 3. The summed E-state index contributed by atoms with van der Waals surface area (Å²) in [7, 11) is 6.61. The lowest BCUT2D eigenvalue weighted by Crippen LogP contribution is -2.65. The van der Waals surface area contributed by atoms with Gasteiger partial charge >= 0.3 is 0 Å². The fraction of sp³-hybridized carbons (Fsp3) is 0.533. The van der Waals surface area contributed by atoms with Crippen LogP contribution in [0.3, 0.4) is 0 Å². The zero-order chi connectivity index (χ0) is 31.6. The Hall–Kier alpha value is -3.90. The Labute approximate surface area is 244 Å². The van der Waals surface area contributed by atoms with Crippen LogP contribution in [0.4, 0.5) is 11.4 Å². The standard InChI is InChI=1S/C30H40N4O8/c1-29(2,3)9-8-18(35)32-16-12-17(33(4)5)14-10-13-11-15-22(34(6)7)25(38)21(28(31)41)27(40)30(15,42)26(39)19(13)24(37)20(14)23(16)36/h12-13,15,22,36-37,40,42H,8-11H2,1-7H3,(H2,31,41)(H,32,35)/t13?,15?,22-,30-/m0/s1. The summed E-state index contributed by atoms with van der Waals surface area (Å²) >= 11 is 0. The summed E-state index contributed by atoms with van der Waals surface area (Å²) in [6.45, 7) is 6.01. The van der Waals surface area contributed by atoms with Gasteiger partial charge in [-0.1, -0.05) is 20.8 Å². The highest BCUT2D eigenvalue weighted by atomic mass is 16.3. The lowest BCUT2D eigenvalue weighted by molar-refractivity contribution is -0.153. The van der Waals surface area contributed by atoms with Crippen LogP contribution in [0.25, 0.3) is 5.76 Å². The number of phenolic OH excluding ortho intramolecular Hbond substituents is 1. The molecule has 1 fully saturated rings.